The molecule has 0 N–H and O–H groups in total. The van der Waals surface area contributed by atoms with Gasteiger partial charge in [-0.1, -0.05) is 13.8 Å². The summed E-state index contributed by atoms with van der Waals surface area (Å²) < 4.78 is 1.66. The molecule has 3 heteroatoms. The molecule has 0 fully saturated rings. The van der Waals surface area contributed by atoms with Gasteiger partial charge in [-0.2, -0.15) is 0 Å². The highest BCUT2D eigenvalue weighted by molar-refractivity contribution is 4.85. The number of hydrogen-bond acceptors (Lipinski definition) is 2. The lowest BCUT2D eigenvalue weighted by Crippen LogP contribution is -2.25. The van der Waals surface area contributed by atoms with Crippen molar-refractivity contribution in [1.29, 1.82) is 0 Å². The van der Waals surface area contributed by atoms with E-state index in [2.05, 4.69) is 18.8 Å². The molecule has 0 amide bonds. The van der Waals surface area contributed by atoms with E-state index in [1.165, 1.54) is 12.3 Å². The van der Waals surface area contributed by atoms with Gasteiger partial charge in [0.1, 0.15) is 0 Å². The number of aromatic nitrogens is 2. The topological polar surface area (TPSA) is 34.9 Å². The predicted molar refractivity (Wildman–Crippen MR) is 48.0 cm³/mol. The average molecular weight is 166 g/mol. The van der Waals surface area contributed by atoms with E-state index in [1.54, 1.807) is 10.9 Å². The summed E-state index contributed by atoms with van der Waals surface area (Å²) >= 11 is 0. The monoisotopic (exact) mass is 166 g/mol. The average Bonchev–Trinajstić information content (AvgIpc) is 2.04. The van der Waals surface area contributed by atoms with Crippen molar-refractivity contribution in [2.45, 2.75) is 26.8 Å². The number of rotatable bonds is 2. The smallest absolute Gasteiger partial charge is 0.253 e. The second-order valence-electron chi connectivity index (χ2n) is 3.31. The molecular formula is C9H14N2O. The summed E-state index contributed by atoms with van der Waals surface area (Å²) in [5, 5.41) is 0. The van der Waals surface area contributed by atoms with Crippen LogP contribution in [0.5, 0.6) is 0 Å². The molecule has 0 saturated carbocycles. The first-order valence-electron chi connectivity index (χ1n) is 4.15. The van der Waals surface area contributed by atoms with Crippen molar-refractivity contribution in [3.05, 3.63) is 28.9 Å². The molecule has 66 valence electrons. The maximum atomic E-state index is 11.3. The first-order chi connectivity index (χ1) is 5.63. The third-order valence-electron chi connectivity index (χ3n) is 2.15. The van der Waals surface area contributed by atoms with E-state index < -0.39 is 0 Å². The van der Waals surface area contributed by atoms with Crippen LogP contribution in [0.3, 0.4) is 0 Å². The summed E-state index contributed by atoms with van der Waals surface area (Å²) in [5.41, 5.74) is 0.0196. The zero-order chi connectivity index (χ0) is 9.14. The highest BCUT2D eigenvalue weighted by atomic mass is 16.1. The van der Waals surface area contributed by atoms with Gasteiger partial charge >= 0.3 is 0 Å². The van der Waals surface area contributed by atoms with Crippen molar-refractivity contribution in [2.75, 3.05) is 0 Å². The van der Waals surface area contributed by atoms with Gasteiger partial charge in [0.05, 0.1) is 6.33 Å². The summed E-state index contributed by atoms with van der Waals surface area (Å²) in [7, 11) is 0. The van der Waals surface area contributed by atoms with Crippen LogP contribution in [0.4, 0.5) is 0 Å². The fraction of sp³-hybridized carbons (Fsp3) is 0.556. The van der Waals surface area contributed by atoms with Gasteiger partial charge in [0.25, 0.3) is 5.56 Å². The van der Waals surface area contributed by atoms with Crippen LogP contribution < -0.4 is 5.56 Å². The molecule has 12 heavy (non-hydrogen) atoms. The molecule has 0 aliphatic rings. The molecule has 3 nitrogen and oxygen atoms in total. The van der Waals surface area contributed by atoms with Crippen LogP contribution in [0.2, 0.25) is 0 Å². The predicted octanol–water partition coefficient (Wildman–Crippen LogP) is 1.46. The third-order valence-corrected chi connectivity index (χ3v) is 2.15. The van der Waals surface area contributed by atoms with Gasteiger partial charge < -0.3 is 0 Å². The van der Waals surface area contributed by atoms with Gasteiger partial charge in [-0.15, -0.1) is 0 Å². The van der Waals surface area contributed by atoms with Crippen LogP contribution >= 0.6 is 0 Å². The van der Waals surface area contributed by atoms with E-state index in [9.17, 15) is 4.79 Å². The molecule has 1 aromatic heterocycles. The minimum atomic E-state index is 0.0196. The normalized spacial score (nSPS) is 13.3. The van der Waals surface area contributed by atoms with Crippen molar-refractivity contribution in [3.8, 4) is 0 Å². The summed E-state index contributed by atoms with van der Waals surface area (Å²) in [4.78, 5) is 15.2. The third kappa shape index (κ3) is 1.72. The lowest BCUT2D eigenvalue weighted by molar-refractivity contribution is 0.394. The minimum Gasteiger partial charge on any atom is -0.296 e. The Kier molecular flexibility index (Phi) is 2.63. The minimum absolute atomic E-state index is 0.0196. The quantitative estimate of drug-likeness (QED) is 0.666. The van der Waals surface area contributed by atoms with Crippen LogP contribution in [-0.2, 0) is 0 Å². The molecule has 0 aromatic carbocycles. The van der Waals surface area contributed by atoms with Crippen molar-refractivity contribution in [3.63, 3.8) is 0 Å². The Labute approximate surface area is 72.1 Å². The Morgan fingerprint density at radius 3 is 2.58 bits per heavy atom. The highest BCUT2D eigenvalue weighted by Gasteiger charge is 2.09. The van der Waals surface area contributed by atoms with E-state index >= 15 is 0 Å². The molecule has 0 radical (unpaired) electrons. The molecule has 1 aromatic rings. The molecular weight excluding hydrogens is 152 g/mol. The Bertz CT molecular complexity index is 303. The molecule has 0 saturated heterocycles. The van der Waals surface area contributed by atoms with E-state index in [1.807, 2.05) is 6.92 Å². The van der Waals surface area contributed by atoms with Crippen LogP contribution in [0.1, 0.15) is 26.8 Å². The maximum Gasteiger partial charge on any atom is 0.253 e. The van der Waals surface area contributed by atoms with Crippen molar-refractivity contribution < 1.29 is 0 Å². The molecule has 0 aliphatic heterocycles. The second kappa shape index (κ2) is 3.52. The lowest BCUT2D eigenvalue weighted by atomic mass is 10.1. The SMILES string of the molecule is CC(C)[C@H](C)n1cnccc1=O. The molecule has 0 bridgehead atoms. The molecule has 0 unspecified atom stereocenters. The summed E-state index contributed by atoms with van der Waals surface area (Å²) in [6, 6.07) is 1.70. The van der Waals surface area contributed by atoms with E-state index in [0.717, 1.165) is 0 Å². The number of nitrogens with zero attached hydrogens (tertiary/aromatic N) is 2. The van der Waals surface area contributed by atoms with Gasteiger partial charge in [-0.3, -0.25) is 9.36 Å². The van der Waals surface area contributed by atoms with Gasteiger partial charge in [0.2, 0.25) is 0 Å². The van der Waals surface area contributed by atoms with Crippen LogP contribution in [-0.4, -0.2) is 9.55 Å². The van der Waals surface area contributed by atoms with Crippen molar-refractivity contribution >= 4 is 0 Å². The summed E-state index contributed by atoms with van der Waals surface area (Å²) in [5.74, 6) is 0.451. The Morgan fingerprint density at radius 2 is 2.08 bits per heavy atom. The summed E-state index contributed by atoms with van der Waals surface area (Å²) in [6.07, 6.45) is 3.11. The van der Waals surface area contributed by atoms with E-state index in [0.29, 0.717) is 5.92 Å². The van der Waals surface area contributed by atoms with Gasteiger partial charge in [-0.05, 0) is 12.8 Å². The molecule has 0 aliphatic carbocycles. The van der Waals surface area contributed by atoms with Gasteiger partial charge in [0.15, 0.2) is 0 Å². The Hall–Kier alpha value is -1.12. The fourth-order valence-corrected chi connectivity index (χ4v) is 0.987. The first-order valence-corrected chi connectivity index (χ1v) is 4.15. The van der Waals surface area contributed by atoms with Crippen LogP contribution in [0.15, 0.2) is 23.4 Å². The summed E-state index contributed by atoms with van der Waals surface area (Å²) in [6.45, 7) is 6.20. The maximum absolute atomic E-state index is 11.3. The standard InChI is InChI=1S/C9H14N2O/c1-7(2)8(3)11-6-10-5-4-9(11)12/h4-8H,1-3H3/t8-/m0/s1. The Balaban J connectivity index is 3.03. The lowest BCUT2D eigenvalue weighted by Gasteiger charge is -2.17. The molecule has 1 rings (SSSR count). The van der Waals surface area contributed by atoms with Crippen molar-refractivity contribution in [2.24, 2.45) is 5.92 Å². The van der Waals surface area contributed by atoms with Crippen molar-refractivity contribution in [1.82, 2.24) is 9.55 Å². The van der Waals surface area contributed by atoms with Crippen LogP contribution in [0, 0.1) is 5.92 Å². The number of hydrogen-bond donors (Lipinski definition) is 0. The first kappa shape index (κ1) is 8.97. The molecule has 0 spiro atoms. The highest BCUT2D eigenvalue weighted by Crippen LogP contribution is 2.12. The molecule has 1 atom stereocenters. The Morgan fingerprint density at radius 1 is 1.42 bits per heavy atom. The largest absolute Gasteiger partial charge is 0.296 e. The zero-order valence-electron chi connectivity index (χ0n) is 7.69. The van der Waals surface area contributed by atoms with Gasteiger partial charge in [0, 0.05) is 18.3 Å². The van der Waals surface area contributed by atoms with E-state index in [-0.39, 0.29) is 11.6 Å². The van der Waals surface area contributed by atoms with Gasteiger partial charge in [-0.25, -0.2) is 4.98 Å². The fourth-order valence-electron chi connectivity index (χ4n) is 0.987. The molecule has 1 heterocycles. The zero-order valence-corrected chi connectivity index (χ0v) is 7.69. The second-order valence-corrected chi connectivity index (χ2v) is 3.31. The van der Waals surface area contributed by atoms with E-state index in [4.69, 9.17) is 0 Å². The van der Waals surface area contributed by atoms with Crippen LogP contribution in [0.25, 0.3) is 0 Å².